The summed E-state index contributed by atoms with van der Waals surface area (Å²) in [5.41, 5.74) is 3.24. The summed E-state index contributed by atoms with van der Waals surface area (Å²) in [4.78, 5) is 12.2. The number of rotatable bonds is 6. The van der Waals surface area contributed by atoms with Gasteiger partial charge in [-0.1, -0.05) is 29.8 Å². The third-order valence-corrected chi connectivity index (χ3v) is 4.98. The standard InChI is InChI=1S/C18H21ClN2O3S/c1-13-8-14(2)10-17(9-13)21(25(3,23)24)12-18(22)20-11-15-4-6-16(19)7-5-15/h4-10H,11-12H2,1-3H3,(H,20,22). The van der Waals surface area contributed by atoms with E-state index in [0.29, 0.717) is 17.3 Å². The van der Waals surface area contributed by atoms with Gasteiger partial charge in [-0.3, -0.25) is 9.10 Å². The van der Waals surface area contributed by atoms with Gasteiger partial charge in [-0.2, -0.15) is 0 Å². The summed E-state index contributed by atoms with van der Waals surface area (Å²) in [5.74, 6) is -0.375. The minimum atomic E-state index is -3.58. The van der Waals surface area contributed by atoms with Crippen LogP contribution in [0.3, 0.4) is 0 Å². The highest BCUT2D eigenvalue weighted by molar-refractivity contribution is 7.92. The van der Waals surface area contributed by atoms with Crippen molar-refractivity contribution in [3.05, 3.63) is 64.2 Å². The van der Waals surface area contributed by atoms with Crippen LogP contribution in [0.2, 0.25) is 5.02 Å². The molecule has 7 heteroatoms. The Morgan fingerprint density at radius 3 is 2.16 bits per heavy atom. The molecule has 2 aromatic carbocycles. The highest BCUT2D eigenvalue weighted by Crippen LogP contribution is 2.21. The van der Waals surface area contributed by atoms with Crippen LogP contribution in [0.25, 0.3) is 0 Å². The molecular weight excluding hydrogens is 360 g/mol. The topological polar surface area (TPSA) is 66.5 Å². The third kappa shape index (κ3) is 5.76. The van der Waals surface area contributed by atoms with E-state index >= 15 is 0 Å². The summed E-state index contributed by atoms with van der Waals surface area (Å²) in [6, 6.07) is 12.5. The fraction of sp³-hybridized carbons (Fsp3) is 0.278. The minimum Gasteiger partial charge on any atom is -0.350 e. The van der Waals surface area contributed by atoms with Crippen LogP contribution in [-0.2, 0) is 21.4 Å². The van der Waals surface area contributed by atoms with Crippen molar-refractivity contribution in [3.63, 3.8) is 0 Å². The van der Waals surface area contributed by atoms with Gasteiger partial charge in [0.2, 0.25) is 15.9 Å². The van der Waals surface area contributed by atoms with E-state index in [1.54, 1.807) is 36.4 Å². The molecule has 1 N–H and O–H groups in total. The van der Waals surface area contributed by atoms with Crippen LogP contribution >= 0.6 is 11.6 Å². The molecule has 25 heavy (non-hydrogen) atoms. The minimum absolute atomic E-state index is 0.269. The number of hydrogen-bond acceptors (Lipinski definition) is 3. The first kappa shape index (κ1) is 19.3. The van der Waals surface area contributed by atoms with Gasteiger partial charge < -0.3 is 5.32 Å². The predicted molar refractivity (Wildman–Crippen MR) is 101 cm³/mol. The Morgan fingerprint density at radius 1 is 1.08 bits per heavy atom. The number of carbonyl (C=O) groups is 1. The number of carbonyl (C=O) groups excluding carboxylic acids is 1. The number of halogens is 1. The summed E-state index contributed by atoms with van der Waals surface area (Å²) in [5, 5.41) is 3.35. The van der Waals surface area contributed by atoms with Crippen LogP contribution in [0, 0.1) is 13.8 Å². The number of benzene rings is 2. The predicted octanol–water partition coefficient (Wildman–Crippen LogP) is 3.04. The van der Waals surface area contributed by atoms with Crippen LogP contribution in [0.15, 0.2) is 42.5 Å². The van der Waals surface area contributed by atoms with E-state index < -0.39 is 10.0 Å². The molecule has 0 spiro atoms. The van der Waals surface area contributed by atoms with Crippen molar-refractivity contribution in [2.75, 3.05) is 17.1 Å². The van der Waals surface area contributed by atoms with Crippen molar-refractivity contribution in [2.45, 2.75) is 20.4 Å². The fourth-order valence-electron chi connectivity index (χ4n) is 2.48. The highest BCUT2D eigenvalue weighted by atomic mass is 35.5. The van der Waals surface area contributed by atoms with Gasteiger partial charge in [0.1, 0.15) is 6.54 Å². The number of amides is 1. The van der Waals surface area contributed by atoms with Crippen molar-refractivity contribution in [1.29, 1.82) is 0 Å². The Labute approximate surface area is 153 Å². The van der Waals surface area contributed by atoms with Gasteiger partial charge >= 0.3 is 0 Å². The lowest BCUT2D eigenvalue weighted by Gasteiger charge is -2.22. The normalized spacial score (nSPS) is 11.2. The average Bonchev–Trinajstić information content (AvgIpc) is 2.50. The highest BCUT2D eigenvalue weighted by Gasteiger charge is 2.21. The zero-order valence-electron chi connectivity index (χ0n) is 14.4. The van der Waals surface area contributed by atoms with Gasteiger partial charge in [-0.15, -0.1) is 0 Å². The molecule has 2 aromatic rings. The van der Waals surface area contributed by atoms with Crippen LogP contribution in [0.1, 0.15) is 16.7 Å². The second kappa shape index (κ2) is 7.89. The third-order valence-electron chi connectivity index (χ3n) is 3.58. The van der Waals surface area contributed by atoms with E-state index in [0.717, 1.165) is 27.3 Å². The molecule has 0 heterocycles. The van der Waals surface area contributed by atoms with E-state index in [9.17, 15) is 13.2 Å². The molecule has 1 amide bonds. The monoisotopic (exact) mass is 380 g/mol. The number of nitrogens with one attached hydrogen (secondary N) is 1. The molecule has 0 aliphatic rings. The summed E-state index contributed by atoms with van der Waals surface area (Å²) >= 11 is 5.83. The van der Waals surface area contributed by atoms with E-state index in [1.165, 1.54) is 0 Å². The Kier molecular flexibility index (Phi) is 6.08. The molecule has 0 bridgehead atoms. The molecule has 0 saturated heterocycles. The lowest BCUT2D eigenvalue weighted by molar-refractivity contribution is -0.119. The number of anilines is 1. The molecule has 0 aromatic heterocycles. The smallest absolute Gasteiger partial charge is 0.241 e. The van der Waals surface area contributed by atoms with E-state index in [1.807, 2.05) is 19.9 Å². The lowest BCUT2D eigenvalue weighted by Crippen LogP contribution is -2.40. The molecule has 0 unspecified atom stereocenters. The van der Waals surface area contributed by atoms with Gasteiger partial charge in [0, 0.05) is 11.6 Å². The largest absolute Gasteiger partial charge is 0.350 e. The van der Waals surface area contributed by atoms with Gasteiger partial charge in [-0.25, -0.2) is 8.42 Å². The molecular formula is C18H21ClN2O3S. The quantitative estimate of drug-likeness (QED) is 0.837. The summed E-state index contributed by atoms with van der Waals surface area (Å²) in [7, 11) is -3.58. The summed E-state index contributed by atoms with van der Waals surface area (Å²) in [6.07, 6.45) is 1.09. The molecule has 0 saturated carbocycles. The second-order valence-electron chi connectivity index (χ2n) is 6.02. The number of sulfonamides is 1. The molecule has 0 atom stereocenters. The first-order valence-corrected chi connectivity index (χ1v) is 9.95. The zero-order chi connectivity index (χ0) is 18.6. The summed E-state index contributed by atoms with van der Waals surface area (Å²) < 4.78 is 25.4. The molecule has 2 rings (SSSR count). The maximum atomic E-state index is 12.2. The van der Waals surface area contributed by atoms with Crippen LogP contribution in [0.5, 0.6) is 0 Å². The molecule has 0 radical (unpaired) electrons. The van der Waals surface area contributed by atoms with Crippen molar-refractivity contribution >= 4 is 33.2 Å². The number of aryl methyl sites for hydroxylation is 2. The van der Waals surface area contributed by atoms with Gasteiger partial charge in [-0.05, 0) is 54.8 Å². The van der Waals surface area contributed by atoms with E-state index in [2.05, 4.69) is 5.32 Å². The SMILES string of the molecule is Cc1cc(C)cc(N(CC(=O)NCc2ccc(Cl)cc2)S(C)(=O)=O)c1. The van der Waals surface area contributed by atoms with Crippen molar-refractivity contribution in [2.24, 2.45) is 0 Å². The van der Waals surface area contributed by atoms with Gasteiger partial charge in [0.25, 0.3) is 0 Å². The van der Waals surface area contributed by atoms with Crippen molar-refractivity contribution in [3.8, 4) is 0 Å². The Morgan fingerprint density at radius 2 is 1.64 bits per heavy atom. The molecule has 0 fully saturated rings. The number of nitrogens with zero attached hydrogens (tertiary/aromatic N) is 1. The number of hydrogen-bond donors (Lipinski definition) is 1. The van der Waals surface area contributed by atoms with Gasteiger partial charge in [0.05, 0.1) is 11.9 Å². The Hall–Kier alpha value is -2.05. The molecule has 0 aliphatic carbocycles. The average molecular weight is 381 g/mol. The maximum Gasteiger partial charge on any atom is 0.241 e. The fourth-order valence-corrected chi connectivity index (χ4v) is 3.45. The van der Waals surface area contributed by atoms with Crippen LogP contribution in [-0.4, -0.2) is 27.1 Å². The first-order chi connectivity index (χ1) is 11.6. The zero-order valence-corrected chi connectivity index (χ0v) is 16.0. The lowest BCUT2D eigenvalue weighted by atomic mass is 10.1. The Bertz CT molecular complexity index is 844. The Balaban J connectivity index is 2.11. The van der Waals surface area contributed by atoms with Crippen LogP contribution in [0.4, 0.5) is 5.69 Å². The summed E-state index contributed by atoms with van der Waals surface area (Å²) in [6.45, 7) is 3.81. The first-order valence-electron chi connectivity index (χ1n) is 7.72. The van der Waals surface area contributed by atoms with Crippen molar-refractivity contribution in [1.82, 2.24) is 5.32 Å². The van der Waals surface area contributed by atoms with E-state index in [4.69, 9.17) is 11.6 Å². The van der Waals surface area contributed by atoms with E-state index in [-0.39, 0.29) is 12.5 Å². The molecule has 5 nitrogen and oxygen atoms in total. The van der Waals surface area contributed by atoms with Gasteiger partial charge in [0.15, 0.2) is 0 Å². The maximum absolute atomic E-state index is 12.2. The van der Waals surface area contributed by atoms with Crippen LogP contribution < -0.4 is 9.62 Å². The van der Waals surface area contributed by atoms with Crippen molar-refractivity contribution < 1.29 is 13.2 Å². The molecule has 134 valence electrons. The molecule has 0 aliphatic heterocycles. The second-order valence-corrected chi connectivity index (χ2v) is 8.36.